The number of hydrogen-bond acceptors (Lipinski definition) is 2. The van der Waals surface area contributed by atoms with E-state index in [0.717, 1.165) is 25.9 Å². The van der Waals surface area contributed by atoms with Crippen molar-refractivity contribution in [2.45, 2.75) is 12.3 Å². The average Bonchev–Trinajstić information content (AvgIpc) is 2.70. The van der Waals surface area contributed by atoms with Gasteiger partial charge >= 0.3 is 0 Å². The van der Waals surface area contributed by atoms with E-state index in [4.69, 9.17) is 0 Å². The van der Waals surface area contributed by atoms with Crippen LogP contribution in [0.1, 0.15) is 20.8 Å². The first-order valence-electron chi connectivity index (χ1n) is 5.32. The van der Waals surface area contributed by atoms with Gasteiger partial charge in [-0.2, -0.15) is 0 Å². The van der Waals surface area contributed by atoms with Crippen LogP contribution in [0.5, 0.6) is 0 Å². The van der Waals surface area contributed by atoms with Crippen LogP contribution in [0.2, 0.25) is 0 Å². The topological polar surface area (TPSA) is 29.1 Å². The Bertz CT molecular complexity index is 561. The first kappa shape index (κ1) is 13.8. The van der Waals surface area contributed by atoms with Crippen molar-refractivity contribution in [3.05, 3.63) is 50.1 Å². The summed E-state index contributed by atoms with van der Waals surface area (Å²) in [6.45, 7) is 1.98. The van der Waals surface area contributed by atoms with Crippen molar-refractivity contribution < 1.29 is 4.79 Å². The third-order valence-electron chi connectivity index (χ3n) is 2.42. The highest BCUT2D eigenvalue weighted by atomic mass is 79.9. The van der Waals surface area contributed by atoms with Crippen molar-refractivity contribution in [2.75, 3.05) is 5.32 Å². The predicted octanol–water partition coefficient (Wildman–Crippen LogP) is 4.97. The van der Waals surface area contributed by atoms with Crippen LogP contribution in [0.25, 0.3) is 0 Å². The van der Waals surface area contributed by atoms with Gasteiger partial charge in [-0.15, -0.1) is 11.3 Å². The lowest BCUT2D eigenvalue weighted by molar-refractivity contribution is 0.103. The van der Waals surface area contributed by atoms with Crippen LogP contribution >= 0.6 is 43.2 Å². The van der Waals surface area contributed by atoms with Gasteiger partial charge in [-0.25, -0.2) is 0 Å². The SMILES string of the molecule is Cc1cc(C(=O)Nc2cccc(CBr)c2)sc1Br. The smallest absolute Gasteiger partial charge is 0.265 e. The Morgan fingerprint density at radius 1 is 1.39 bits per heavy atom. The van der Waals surface area contributed by atoms with Crippen LogP contribution in [-0.4, -0.2) is 5.91 Å². The number of benzene rings is 1. The number of thiophene rings is 1. The fourth-order valence-electron chi connectivity index (χ4n) is 1.50. The zero-order chi connectivity index (χ0) is 13.1. The van der Waals surface area contributed by atoms with Gasteiger partial charge in [0.15, 0.2) is 0 Å². The summed E-state index contributed by atoms with van der Waals surface area (Å²) in [5.41, 5.74) is 3.04. The number of halogens is 2. The molecule has 2 rings (SSSR count). The number of carbonyl (C=O) groups is 1. The van der Waals surface area contributed by atoms with Crippen molar-refractivity contribution in [3.8, 4) is 0 Å². The Balaban J connectivity index is 2.15. The summed E-state index contributed by atoms with van der Waals surface area (Å²) in [6, 6.07) is 9.68. The molecule has 0 atom stereocenters. The molecule has 18 heavy (non-hydrogen) atoms. The highest BCUT2D eigenvalue weighted by Crippen LogP contribution is 2.28. The molecule has 0 spiro atoms. The zero-order valence-corrected chi connectivity index (χ0v) is 13.7. The van der Waals surface area contributed by atoms with E-state index < -0.39 is 0 Å². The molecule has 0 aliphatic rings. The Morgan fingerprint density at radius 2 is 2.17 bits per heavy atom. The van der Waals surface area contributed by atoms with Crippen LogP contribution < -0.4 is 5.32 Å². The normalized spacial score (nSPS) is 10.4. The molecular weight excluding hydrogens is 378 g/mol. The molecule has 0 fully saturated rings. The molecule has 2 nitrogen and oxygen atoms in total. The van der Waals surface area contributed by atoms with Gasteiger partial charge in [-0.1, -0.05) is 28.1 Å². The quantitative estimate of drug-likeness (QED) is 0.739. The van der Waals surface area contributed by atoms with Crippen LogP contribution in [0, 0.1) is 6.92 Å². The molecule has 0 unspecified atom stereocenters. The molecule has 1 aromatic heterocycles. The second-order valence-corrected chi connectivity index (χ2v) is 6.79. The fraction of sp³-hybridized carbons (Fsp3) is 0.154. The van der Waals surface area contributed by atoms with Gasteiger partial charge in [0, 0.05) is 11.0 Å². The lowest BCUT2D eigenvalue weighted by Gasteiger charge is -2.04. The van der Waals surface area contributed by atoms with Crippen molar-refractivity contribution in [1.82, 2.24) is 0 Å². The van der Waals surface area contributed by atoms with Crippen molar-refractivity contribution in [2.24, 2.45) is 0 Å². The summed E-state index contributed by atoms with van der Waals surface area (Å²) in [5.74, 6) is -0.0690. The fourth-order valence-corrected chi connectivity index (χ4v) is 3.28. The van der Waals surface area contributed by atoms with E-state index in [-0.39, 0.29) is 5.91 Å². The van der Waals surface area contributed by atoms with Gasteiger partial charge in [0.05, 0.1) is 8.66 Å². The number of rotatable bonds is 3. The molecule has 1 aromatic carbocycles. The largest absolute Gasteiger partial charge is 0.321 e. The number of anilines is 1. The molecule has 1 amide bonds. The third-order valence-corrected chi connectivity index (χ3v) is 5.20. The van der Waals surface area contributed by atoms with Crippen LogP contribution in [0.15, 0.2) is 34.1 Å². The first-order valence-corrected chi connectivity index (χ1v) is 8.05. The lowest BCUT2D eigenvalue weighted by Crippen LogP contribution is -2.10. The first-order chi connectivity index (χ1) is 8.60. The number of aryl methyl sites for hydroxylation is 1. The molecule has 0 radical (unpaired) electrons. The van der Waals surface area contributed by atoms with Gasteiger partial charge in [0.1, 0.15) is 0 Å². The second-order valence-electron chi connectivity index (χ2n) is 3.86. The van der Waals surface area contributed by atoms with Crippen LogP contribution in [0.3, 0.4) is 0 Å². The highest BCUT2D eigenvalue weighted by molar-refractivity contribution is 9.11. The Labute approximate surface area is 127 Å². The van der Waals surface area contributed by atoms with E-state index in [1.165, 1.54) is 11.3 Å². The molecule has 0 aliphatic heterocycles. The summed E-state index contributed by atoms with van der Waals surface area (Å²) in [5, 5.41) is 3.68. The minimum Gasteiger partial charge on any atom is -0.321 e. The summed E-state index contributed by atoms with van der Waals surface area (Å²) >= 11 is 8.27. The minimum atomic E-state index is -0.0690. The van der Waals surface area contributed by atoms with Gasteiger partial charge in [0.25, 0.3) is 5.91 Å². The summed E-state index contributed by atoms with van der Waals surface area (Å²) < 4.78 is 1.00. The molecule has 1 N–H and O–H groups in total. The summed E-state index contributed by atoms with van der Waals surface area (Å²) in [4.78, 5) is 12.8. The van der Waals surface area contributed by atoms with Gasteiger partial charge in [0.2, 0.25) is 0 Å². The monoisotopic (exact) mass is 387 g/mol. The Hall–Kier alpha value is -0.650. The van der Waals surface area contributed by atoms with Gasteiger partial charge in [-0.3, -0.25) is 4.79 Å². The van der Waals surface area contributed by atoms with Gasteiger partial charge in [-0.05, 0) is 52.2 Å². The van der Waals surface area contributed by atoms with Crippen LogP contribution in [-0.2, 0) is 5.33 Å². The molecule has 0 saturated carbocycles. The number of nitrogens with one attached hydrogen (secondary N) is 1. The van der Waals surface area contributed by atoms with E-state index in [1.807, 2.05) is 37.3 Å². The van der Waals surface area contributed by atoms with E-state index in [2.05, 4.69) is 37.2 Å². The maximum Gasteiger partial charge on any atom is 0.265 e. The minimum absolute atomic E-state index is 0.0690. The van der Waals surface area contributed by atoms with Crippen LogP contribution in [0.4, 0.5) is 5.69 Å². The maximum atomic E-state index is 12.0. The molecule has 94 valence electrons. The van der Waals surface area contributed by atoms with E-state index in [0.29, 0.717) is 4.88 Å². The molecular formula is C13H11Br2NOS. The van der Waals surface area contributed by atoms with E-state index >= 15 is 0 Å². The molecule has 0 aliphatic carbocycles. The third kappa shape index (κ3) is 3.22. The lowest BCUT2D eigenvalue weighted by atomic mass is 10.2. The van der Waals surface area contributed by atoms with Gasteiger partial charge < -0.3 is 5.32 Å². The zero-order valence-electron chi connectivity index (χ0n) is 9.67. The maximum absolute atomic E-state index is 12.0. The van der Waals surface area contributed by atoms with E-state index in [1.54, 1.807) is 0 Å². The molecule has 0 saturated heterocycles. The standard InChI is InChI=1S/C13H11Br2NOS/c1-8-5-11(18-12(8)15)13(17)16-10-4-2-3-9(6-10)7-14/h2-6H,7H2,1H3,(H,16,17). The molecule has 0 bridgehead atoms. The number of hydrogen-bond donors (Lipinski definition) is 1. The highest BCUT2D eigenvalue weighted by Gasteiger charge is 2.11. The average molecular weight is 389 g/mol. The Kier molecular flexibility index (Phi) is 4.59. The van der Waals surface area contributed by atoms with Crippen molar-refractivity contribution in [1.29, 1.82) is 0 Å². The second kappa shape index (κ2) is 5.99. The predicted molar refractivity (Wildman–Crippen MR) is 83.8 cm³/mol. The number of alkyl halides is 1. The molecule has 2 aromatic rings. The molecule has 1 heterocycles. The molecule has 5 heteroatoms. The summed E-state index contributed by atoms with van der Waals surface area (Å²) in [6.07, 6.45) is 0. The van der Waals surface area contributed by atoms with E-state index in [9.17, 15) is 4.79 Å². The van der Waals surface area contributed by atoms with Crippen molar-refractivity contribution >= 4 is 54.8 Å². The van der Waals surface area contributed by atoms with Crippen molar-refractivity contribution in [3.63, 3.8) is 0 Å². The Morgan fingerprint density at radius 3 is 2.78 bits per heavy atom. The number of carbonyl (C=O) groups excluding carboxylic acids is 1. The summed E-state index contributed by atoms with van der Waals surface area (Å²) in [7, 11) is 0. The number of amides is 1.